The minimum absolute atomic E-state index is 0. The van der Waals surface area contributed by atoms with Gasteiger partial charge >= 0.3 is 35.5 Å². The minimum Gasteiger partial charge on any atom is -0.768 e. The first-order chi connectivity index (χ1) is 6.99. The Balaban J connectivity index is 0.00000225. The Labute approximate surface area is 119 Å². The Hall–Kier alpha value is -0.140. The Kier molecular flexibility index (Phi) is 6.50. The van der Waals surface area contributed by atoms with Crippen molar-refractivity contribution in [1.29, 1.82) is 0 Å². The number of aromatic amines is 1. The van der Waals surface area contributed by atoms with Crippen LogP contribution in [0.4, 0.5) is 0 Å². The van der Waals surface area contributed by atoms with Crippen LogP contribution >= 0.6 is 0 Å². The fraction of sp³-hybridized carbons (Fsp3) is 0.444. The van der Waals surface area contributed by atoms with Gasteiger partial charge in [-0.1, -0.05) is 0 Å². The maximum absolute atomic E-state index is 11.4. The van der Waals surface area contributed by atoms with Gasteiger partial charge in [0.15, 0.2) is 0 Å². The van der Waals surface area contributed by atoms with E-state index in [-0.39, 0.29) is 46.8 Å². The molecule has 0 spiro atoms. The van der Waals surface area contributed by atoms with Crippen molar-refractivity contribution in [3.05, 3.63) is 17.0 Å². The summed E-state index contributed by atoms with van der Waals surface area (Å²) >= 11 is -2.34. The summed E-state index contributed by atoms with van der Waals surface area (Å²) < 4.78 is 26.5. The van der Waals surface area contributed by atoms with E-state index in [0.29, 0.717) is 11.3 Å². The second-order valence-electron chi connectivity index (χ2n) is 3.03. The van der Waals surface area contributed by atoms with E-state index in [2.05, 4.69) is 4.98 Å². The summed E-state index contributed by atoms with van der Waals surface area (Å²) in [4.78, 5) is 14.2. The second-order valence-corrected chi connectivity index (χ2v) is 3.91. The van der Waals surface area contributed by atoms with E-state index in [4.69, 9.17) is 4.74 Å². The third kappa shape index (κ3) is 3.18. The van der Waals surface area contributed by atoms with Gasteiger partial charge in [0.25, 0.3) is 0 Å². The molecule has 1 unspecified atom stereocenters. The van der Waals surface area contributed by atoms with Crippen molar-refractivity contribution in [2.45, 2.75) is 25.7 Å². The van der Waals surface area contributed by atoms with Crippen molar-refractivity contribution in [2.24, 2.45) is 0 Å². The molecule has 0 saturated carbocycles. The summed E-state index contributed by atoms with van der Waals surface area (Å²) in [5, 5.41) is 0. The maximum Gasteiger partial charge on any atom is 1.00 e. The van der Waals surface area contributed by atoms with Crippen molar-refractivity contribution < 1.29 is 47.9 Å². The van der Waals surface area contributed by atoms with E-state index >= 15 is 0 Å². The molecule has 84 valence electrons. The second kappa shape index (κ2) is 6.56. The van der Waals surface area contributed by atoms with Crippen LogP contribution in [0.5, 0.6) is 0 Å². The first-order valence-corrected chi connectivity index (χ1v) is 5.52. The topological polar surface area (TPSA) is 82.2 Å². The van der Waals surface area contributed by atoms with Crippen LogP contribution in [0.1, 0.15) is 28.7 Å². The summed E-state index contributed by atoms with van der Waals surface area (Å²) in [5.74, 6) is -0.533. The van der Waals surface area contributed by atoms with Gasteiger partial charge in [-0.15, -0.1) is 0 Å². The van der Waals surface area contributed by atoms with E-state index in [1.165, 1.54) is 0 Å². The summed E-state index contributed by atoms with van der Waals surface area (Å²) in [5.41, 5.74) is 1.05. The molecule has 0 fully saturated rings. The standard InChI is InChI=1S/C9H13NO4S.Na/c1-4-14-9(11)7-5(2)8(15(12)13)6(3)10-7;/h10H,4H2,1-3H3,(H,12,13);/q;+1/p-1. The predicted molar refractivity (Wildman–Crippen MR) is 53.4 cm³/mol. The van der Waals surface area contributed by atoms with Gasteiger partial charge in [0.1, 0.15) is 5.69 Å². The number of H-pyrrole nitrogens is 1. The van der Waals surface area contributed by atoms with Crippen LogP contribution < -0.4 is 29.6 Å². The molecule has 1 rings (SSSR count). The summed E-state index contributed by atoms with van der Waals surface area (Å²) in [6.45, 7) is 5.11. The maximum atomic E-state index is 11.4. The molecule has 0 amide bonds. The third-order valence-electron chi connectivity index (χ3n) is 2.01. The molecular weight excluding hydrogens is 241 g/mol. The Morgan fingerprint density at radius 2 is 2.06 bits per heavy atom. The molecule has 1 aromatic heterocycles. The molecule has 0 aliphatic rings. The van der Waals surface area contributed by atoms with Crippen molar-refractivity contribution in [2.75, 3.05) is 6.61 Å². The monoisotopic (exact) mass is 253 g/mol. The Bertz CT molecular complexity index is 416. The summed E-state index contributed by atoms with van der Waals surface area (Å²) in [6, 6.07) is 0. The molecule has 1 atom stereocenters. The van der Waals surface area contributed by atoms with Crippen molar-refractivity contribution in [3.8, 4) is 0 Å². The number of hydrogen-bond donors (Lipinski definition) is 1. The van der Waals surface area contributed by atoms with Crippen molar-refractivity contribution >= 4 is 17.0 Å². The van der Waals surface area contributed by atoms with E-state index in [0.717, 1.165) is 0 Å². The molecule has 16 heavy (non-hydrogen) atoms. The average molecular weight is 253 g/mol. The molecule has 7 heteroatoms. The molecule has 0 radical (unpaired) electrons. The van der Waals surface area contributed by atoms with Crippen LogP contribution in [0.2, 0.25) is 0 Å². The van der Waals surface area contributed by atoms with Gasteiger partial charge in [-0.2, -0.15) is 0 Å². The number of carbonyl (C=O) groups excluding carboxylic acids is 1. The number of nitrogens with one attached hydrogen (secondary N) is 1. The van der Waals surface area contributed by atoms with Gasteiger partial charge in [-0.25, -0.2) is 4.79 Å². The van der Waals surface area contributed by atoms with Gasteiger partial charge < -0.3 is 14.3 Å². The zero-order valence-electron chi connectivity index (χ0n) is 9.75. The quantitative estimate of drug-likeness (QED) is 0.385. The molecule has 0 aliphatic carbocycles. The Morgan fingerprint density at radius 1 is 1.50 bits per heavy atom. The number of rotatable bonds is 3. The molecule has 5 nitrogen and oxygen atoms in total. The van der Waals surface area contributed by atoms with E-state index < -0.39 is 17.0 Å². The Morgan fingerprint density at radius 3 is 2.44 bits per heavy atom. The van der Waals surface area contributed by atoms with Crippen molar-refractivity contribution in [1.82, 2.24) is 4.98 Å². The molecule has 0 saturated heterocycles. The fourth-order valence-electron chi connectivity index (χ4n) is 1.39. The zero-order valence-corrected chi connectivity index (χ0v) is 12.6. The van der Waals surface area contributed by atoms with E-state index in [1.54, 1.807) is 20.8 Å². The van der Waals surface area contributed by atoms with Crippen LogP contribution in [0.25, 0.3) is 0 Å². The number of aryl methyl sites for hydroxylation is 1. The number of carbonyl (C=O) groups is 1. The summed E-state index contributed by atoms with van der Waals surface area (Å²) in [7, 11) is 0. The van der Waals surface area contributed by atoms with Gasteiger partial charge in [0.05, 0.1) is 6.61 Å². The average Bonchev–Trinajstić information content (AvgIpc) is 2.42. The first-order valence-electron chi connectivity index (χ1n) is 4.44. The zero-order chi connectivity index (χ0) is 11.6. The molecule has 0 aliphatic heterocycles. The fourth-order valence-corrected chi connectivity index (χ4v) is 2.04. The molecule has 0 aromatic carbocycles. The largest absolute Gasteiger partial charge is 1.00 e. The molecule has 1 N–H and O–H groups in total. The predicted octanol–water partition coefficient (Wildman–Crippen LogP) is -1.95. The van der Waals surface area contributed by atoms with Crippen LogP contribution in [-0.2, 0) is 15.8 Å². The van der Waals surface area contributed by atoms with Crippen LogP contribution in [0.15, 0.2) is 4.90 Å². The number of hydrogen-bond acceptors (Lipinski definition) is 4. The minimum atomic E-state index is -2.34. The number of ether oxygens (including phenoxy) is 1. The molecule has 1 heterocycles. The van der Waals surface area contributed by atoms with Crippen molar-refractivity contribution in [3.63, 3.8) is 0 Å². The van der Waals surface area contributed by atoms with Gasteiger partial charge in [-0.3, -0.25) is 4.21 Å². The smallest absolute Gasteiger partial charge is 0.768 e. The number of esters is 1. The first kappa shape index (κ1) is 15.9. The number of aromatic nitrogens is 1. The summed E-state index contributed by atoms with van der Waals surface area (Å²) in [6.07, 6.45) is 0. The van der Waals surface area contributed by atoms with Crippen LogP contribution in [-0.4, -0.2) is 26.3 Å². The van der Waals surface area contributed by atoms with Crippen LogP contribution in [0, 0.1) is 13.8 Å². The third-order valence-corrected chi connectivity index (χ3v) is 2.96. The molecule has 1 aromatic rings. The normalized spacial score (nSPS) is 11.8. The van der Waals surface area contributed by atoms with Gasteiger partial charge in [0, 0.05) is 10.6 Å². The van der Waals surface area contributed by atoms with Crippen LogP contribution in [0.3, 0.4) is 0 Å². The van der Waals surface area contributed by atoms with Gasteiger partial charge in [0.2, 0.25) is 0 Å². The SMILES string of the molecule is CCOC(=O)c1[nH]c(C)c(S(=O)[O-])c1C.[Na+]. The van der Waals surface area contributed by atoms with E-state index in [1.807, 2.05) is 0 Å². The van der Waals surface area contributed by atoms with Gasteiger partial charge in [-0.05, 0) is 37.4 Å². The van der Waals surface area contributed by atoms with E-state index in [9.17, 15) is 13.6 Å². The molecule has 0 bridgehead atoms. The molecular formula is C9H12NNaO4S.